The van der Waals surface area contributed by atoms with Crippen molar-refractivity contribution in [3.63, 3.8) is 0 Å². The van der Waals surface area contributed by atoms with Gasteiger partial charge in [0.25, 0.3) is 0 Å². The van der Waals surface area contributed by atoms with Crippen LogP contribution in [0.15, 0.2) is 24.3 Å². The minimum absolute atomic E-state index is 0.216. The highest BCUT2D eigenvalue weighted by molar-refractivity contribution is 5.70. The zero-order valence-electron chi connectivity index (χ0n) is 38.5. The van der Waals surface area contributed by atoms with Crippen LogP contribution in [-0.2, 0) is 28.5 Å². The Labute approximate surface area is 366 Å². The quantitative estimate of drug-likeness (QED) is 0.0265. The number of rotatable bonds is 42. The molecule has 1 aliphatic rings. The second kappa shape index (κ2) is 41.2. The molecule has 4 N–H and O–H groups in total. The van der Waals surface area contributed by atoms with Crippen LogP contribution in [0.3, 0.4) is 0 Å². The van der Waals surface area contributed by atoms with Gasteiger partial charge >= 0.3 is 11.9 Å². The molecule has 2 unspecified atom stereocenters. The van der Waals surface area contributed by atoms with Gasteiger partial charge in [0, 0.05) is 12.8 Å². The van der Waals surface area contributed by atoms with Crippen molar-refractivity contribution in [2.75, 3.05) is 19.8 Å². The van der Waals surface area contributed by atoms with Crippen LogP contribution >= 0.6 is 0 Å². The van der Waals surface area contributed by atoms with Gasteiger partial charge in [-0.3, -0.25) is 9.59 Å². The van der Waals surface area contributed by atoms with Crippen LogP contribution in [0.4, 0.5) is 0 Å². The van der Waals surface area contributed by atoms with Gasteiger partial charge < -0.3 is 39.4 Å². The van der Waals surface area contributed by atoms with E-state index in [-0.39, 0.29) is 26.1 Å². The summed E-state index contributed by atoms with van der Waals surface area (Å²) in [6, 6.07) is 0. The highest BCUT2D eigenvalue weighted by Crippen LogP contribution is 2.23. The van der Waals surface area contributed by atoms with Crippen molar-refractivity contribution >= 4 is 11.9 Å². The van der Waals surface area contributed by atoms with Crippen LogP contribution in [0.5, 0.6) is 0 Å². The number of allylic oxidation sites excluding steroid dienone is 4. The van der Waals surface area contributed by atoms with Gasteiger partial charge in [-0.25, -0.2) is 0 Å². The Morgan fingerprint density at radius 1 is 0.500 bits per heavy atom. The van der Waals surface area contributed by atoms with Crippen molar-refractivity contribution in [1.82, 2.24) is 0 Å². The van der Waals surface area contributed by atoms with Gasteiger partial charge in [-0.2, -0.15) is 0 Å². The summed E-state index contributed by atoms with van der Waals surface area (Å²) in [4.78, 5) is 25.3. The number of unbranched alkanes of at least 4 members (excludes halogenated alkanes) is 27. The van der Waals surface area contributed by atoms with E-state index in [1.807, 2.05) is 0 Å². The van der Waals surface area contributed by atoms with Crippen LogP contribution in [-0.4, -0.2) is 89.0 Å². The maximum atomic E-state index is 12.8. The van der Waals surface area contributed by atoms with Gasteiger partial charge in [0.2, 0.25) is 0 Å². The van der Waals surface area contributed by atoms with E-state index in [1.165, 1.54) is 135 Å². The van der Waals surface area contributed by atoms with Crippen LogP contribution in [0.25, 0.3) is 0 Å². The smallest absolute Gasteiger partial charge is 0.306 e. The van der Waals surface area contributed by atoms with Crippen molar-refractivity contribution in [2.45, 2.75) is 263 Å². The Morgan fingerprint density at radius 2 is 0.900 bits per heavy atom. The number of ether oxygens (including phenoxy) is 4. The third-order valence-electron chi connectivity index (χ3n) is 11.6. The van der Waals surface area contributed by atoms with E-state index in [1.54, 1.807) is 0 Å². The first kappa shape index (κ1) is 56.2. The lowest BCUT2D eigenvalue weighted by atomic mass is 9.99. The number of aliphatic hydroxyl groups is 4. The Bertz CT molecular complexity index is 1030. The molecule has 0 radical (unpaired) electrons. The molecule has 1 heterocycles. The third kappa shape index (κ3) is 31.9. The zero-order chi connectivity index (χ0) is 43.7. The van der Waals surface area contributed by atoms with Gasteiger partial charge in [0.05, 0.1) is 13.2 Å². The van der Waals surface area contributed by atoms with Crippen molar-refractivity contribution in [2.24, 2.45) is 0 Å². The monoisotopic (exact) mass is 853 g/mol. The number of carbonyl (C=O) groups is 2. The average molecular weight is 853 g/mol. The fourth-order valence-electron chi connectivity index (χ4n) is 7.60. The Kier molecular flexibility index (Phi) is 38.6. The summed E-state index contributed by atoms with van der Waals surface area (Å²) in [7, 11) is 0. The SMILES string of the molecule is CCCCC/C=C/CCCCCCCC(=O)O[C@@H](COC(=O)CCC/C=C/CCCCCCCCCCCCCCCCCCCC)CO[C@H]1O[C@@H](CO)[C@@H](O)C(O)C1O. The maximum Gasteiger partial charge on any atom is 0.306 e. The molecule has 0 bridgehead atoms. The molecular formula is C50H92O10. The molecular weight excluding hydrogens is 761 g/mol. The minimum Gasteiger partial charge on any atom is -0.462 e. The van der Waals surface area contributed by atoms with E-state index >= 15 is 0 Å². The van der Waals surface area contributed by atoms with Crippen LogP contribution in [0.1, 0.15) is 226 Å². The number of aliphatic hydroxyl groups excluding tert-OH is 4. The van der Waals surface area contributed by atoms with Gasteiger partial charge in [-0.1, -0.05) is 179 Å². The summed E-state index contributed by atoms with van der Waals surface area (Å²) in [6.07, 6.45) is 39.2. The standard InChI is InChI=1S/C50H92O10/c1-3-5-7-9-11-13-15-17-18-19-20-21-22-23-24-25-26-27-29-30-32-34-36-38-45(52)57-41-43(42-58-50-49(56)48(55)47(54)44(40-51)60-50)59-46(53)39-37-35-33-31-28-16-14-12-10-8-6-4-2/h12,14,30,32,43-44,47-51,54-56H,3-11,13,15-29,31,33-42H2,1-2H3/b14-12+,32-30+/t43-,44-,47+,48?,49?,50-/m0/s1. The predicted octanol–water partition coefficient (Wildman–Crippen LogP) is 11.3. The first-order valence-electron chi connectivity index (χ1n) is 24.9. The molecule has 0 aromatic carbocycles. The highest BCUT2D eigenvalue weighted by Gasteiger charge is 2.44. The number of hydrogen-bond donors (Lipinski definition) is 4. The van der Waals surface area contributed by atoms with E-state index < -0.39 is 55.4 Å². The van der Waals surface area contributed by atoms with Gasteiger partial charge in [-0.15, -0.1) is 0 Å². The molecule has 1 saturated heterocycles. The minimum atomic E-state index is -1.60. The molecule has 352 valence electrons. The summed E-state index contributed by atoms with van der Waals surface area (Å²) in [6.45, 7) is 3.39. The lowest BCUT2D eigenvalue weighted by Gasteiger charge is -2.39. The van der Waals surface area contributed by atoms with Crippen LogP contribution in [0, 0.1) is 0 Å². The molecule has 10 nitrogen and oxygen atoms in total. The molecule has 10 heteroatoms. The average Bonchev–Trinajstić information content (AvgIpc) is 3.25. The van der Waals surface area contributed by atoms with E-state index in [0.29, 0.717) is 12.8 Å². The molecule has 0 aromatic heterocycles. The van der Waals surface area contributed by atoms with Crippen molar-refractivity contribution < 1.29 is 49.0 Å². The Hall–Kier alpha value is -1.82. The molecule has 0 aromatic rings. The van der Waals surface area contributed by atoms with Crippen LogP contribution < -0.4 is 0 Å². The van der Waals surface area contributed by atoms with E-state index in [4.69, 9.17) is 18.9 Å². The summed E-state index contributed by atoms with van der Waals surface area (Å²) < 4.78 is 22.1. The first-order valence-corrected chi connectivity index (χ1v) is 24.9. The van der Waals surface area contributed by atoms with Gasteiger partial charge in [0.1, 0.15) is 31.0 Å². The normalized spacial score (nSPS) is 20.0. The second-order valence-electron chi connectivity index (χ2n) is 17.3. The number of carbonyl (C=O) groups excluding carboxylic acids is 2. The van der Waals surface area contributed by atoms with Crippen molar-refractivity contribution in [3.05, 3.63) is 24.3 Å². The summed E-state index contributed by atoms with van der Waals surface area (Å²) >= 11 is 0. The molecule has 6 atom stereocenters. The summed E-state index contributed by atoms with van der Waals surface area (Å²) in [5, 5.41) is 40.1. The van der Waals surface area contributed by atoms with E-state index in [2.05, 4.69) is 38.2 Å². The largest absolute Gasteiger partial charge is 0.462 e. The fraction of sp³-hybridized carbons (Fsp3) is 0.880. The number of esters is 2. The third-order valence-corrected chi connectivity index (χ3v) is 11.6. The zero-order valence-corrected chi connectivity index (χ0v) is 38.5. The topological polar surface area (TPSA) is 152 Å². The summed E-state index contributed by atoms with van der Waals surface area (Å²) in [5.41, 5.74) is 0. The molecule has 0 aliphatic carbocycles. The fourth-order valence-corrected chi connectivity index (χ4v) is 7.60. The predicted molar refractivity (Wildman–Crippen MR) is 243 cm³/mol. The molecule has 0 amide bonds. The molecule has 1 fully saturated rings. The van der Waals surface area contributed by atoms with E-state index in [0.717, 1.165) is 51.4 Å². The lowest BCUT2D eigenvalue weighted by Crippen LogP contribution is -2.59. The van der Waals surface area contributed by atoms with Gasteiger partial charge in [0.15, 0.2) is 12.4 Å². The molecule has 1 rings (SSSR count). The molecule has 0 saturated carbocycles. The Morgan fingerprint density at radius 3 is 1.38 bits per heavy atom. The molecule has 60 heavy (non-hydrogen) atoms. The Balaban J connectivity index is 2.24. The highest BCUT2D eigenvalue weighted by atomic mass is 16.7. The summed E-state index contributed by atoms with van der Waals surface area (Å²) in [5.74, 6) is -0.847. The maximum absolute atomic E-state index is 12.8. The first-order chi connectivity index (χ1) is 29.3. The molecule has 0 spiro atoms. The van der Waals surface area contributed by atoms with Crippen molar-refractivity contribution in [3.8, 4) is 0 Å². The van der Waals surface area contributed by atoms with Crippen molar-refractivity contribution in [1.29, 1.82) is 0 Å². The van der Waals surface area contributed by atoms with Crippen LogP contribution in [0.2, 0.25) is 0 Å². The molecule has 1 aliphatic heterocycles. The van der Waals surface area contributed by atoms with Gasteiger partial charge in [-0.05, 0) is 57.8 Å². The second-order valence-corrected chi connectivity index (χ2v) is 17.3. The van der Waals surface area contributed by atoms with E-state index in [9.17, 15) is 30.0 Å². The number of hydrogen-bond acceptors (Lipinski definition) is 10. The lowest BCUT2D eigenvalue weighted by molar-refractivity contribution is -0.305.